The van der Waals surface area contributed by atoms with Crippen molar-refractivity contribution in [1.29, 1.82) is 0 Å². The number of nitrogens with one attached hydrogen (secondary N) is 3. The number of fused-ring (bicyclic) bond motifs is 1. The van der Waals surface area contributed by atoms with Gasteiger partial charge in [0.2, 0.25) is 11.8 Å². The number of quaternary nitrogens is 1. The average molecular weight is 443 g/mol. The normalized spacial score (nSPS) is 11.9. The van der Waals surface area contributed by atoms with Crippen molar-refractivity contribution in [3.8, 4) is 0 Å². The van der Waals surface area contributed by atoms with Crippen molar-refractivity contribution in [1.82, 2.24) is 20.2 Å². The first-order valence-corrected chi connectivity index (χ1v) is 11.1. The van der Waals surface area contributed by atoms with Crippen LogP contribution in [0, 0.1) is 6.92 Å². The minimum Gasteiger partial charge on any atom is -0.354 e. The Morgan fingerprint density at radius 2 is 1.94 bits per heavy atom. The van der Waals surface area contributed by atoms with Crippen LogP contribution in [0.25, 0.3) is 10.2 Å². The number of carbonyl (C=O) groups is 2. The first-order chi connectivity index (χ1) is 14.9. The number of aryl methyl sites for hydroxylation is 1. The largest absolute Gasteiger partial charge is 0.354 e. The summed E-state index contributed by atoms with van der Waals surface area (Å²) in [7, 11) is 2.13. The van der Waals surface area contributed by atoms with Crippen LogP contribution in [0.15, 0.2) is 47.5 Å². The molecule has 31 heavy (non-hydrogen) atoms. The van der Waals surface area contributed by atoms with Crippen molar-refractivity contribution in [2.24, 2.45) is 0 Å². The number of amides is 2. The van der Waals surface area contributed by atoms with Crippen molar-refractivity contribution in [3.05, 3.63) is 63.5 Å². The zero-order valence-corrected chi connectivity index (χ0v) is 18.6. The summed E-state index contributed by atoms with van der Waals surface area (Å²) in [5.74, 6) is -0.652. The summed E-state index contributed by atoms with van der Waals surface area (Å²) in [4.78, 5) is 43.8. The first-order valence-electron chi connectivity index (χ1n) is 10.3. The third kappa shape index (κ3) is 6.73. The quantitative estimate of drug-likeness (QED) is 0.388. The molecule has 9 heteroatoms. The maximum Gasteiger partial charge on any atom is 0.262 e. The fraction of sp³-hybridized carbons (Fsp3) is 0.364. The Kier molecular flexibility index (Phi) is 7.91. The second kappa shape index (κ2) is 10.8. The molecule has 0 saturated heterocycles. The molecular formula is C22H28N5O3S+. The lowest BCUT2D eigenvalue weighted by Gasteiger charge is -2.14. The Bertz CT molecular complexity index is 1090. The Balaban J connectivity index is 1.34. The van der Waals surface area contributed by atoms with Crippen LogP contribution in [0.3, 0.4) is 0 Å². The smallest absolute Gasteiger partial charge is 0.262 e. The van der Waals surface area contributed by atoms with Gasteiger partial charge in [0.1, 0.15) is 17.9 Å². The molecule has 0 radical (unpaired) electrons. The SMILES string of the molecule is Cc1cc2c(=O)n(CC(=O)NCC(=O)NCCC[NH+](C)Cc3ccccc3)cnc2s1. The van der Waals surface area contributed by atoms with E-state index in [1.807, 2.05) is 25.1 Å². The van der Waals surface area contributed by atoms with Crippen LogP contribution in [0.2, 0.25) is 0 Å². The molecule has 1 unspecified atom stereocenters. The lowest BCUT2D eigenvalue weighted by Crippen LogP contribution is -3.07. The lowest BCUT2D eigenvalue weighted by molar-refractivity contribution is -0.893. The number of rotatable bonds is 10. The minimum absolute atomic E-state index is 0.118. The van der Waals surface area contributed by atoms with E-state index in [1.165, 1.54) is 32.7 Å². The van der Waals surface area contributed by atoms with Crippen molar-refractivity contribution in [2.75, 3.05) is 26.7 Å². The van der Waals surface area contributed by atoms with E-state index in [2.05, 4.69) is 34.8 Å². The van der Waals surface area contributed by atoms with E-state index in [4.69, 9.17) is 0 Å². The molecule has 0 saturated carbocycles. The molecular weight excluding hydrogens is 414 g/mol. The molecule has 3 rings (SSSR count). The molecule has 3 aromatic rings. The molecule has 3 N–H and O–H groups in total. The van der Waals surface area contributed by atoms with Crippen molar-refractivity contribution in [2.45, 2.75) is 26.4 Å². The zero-order valence-electron chi connectivity index (χ0n) is 17.8. The zero-order chi connectivity index (χ0) is 22.2. The number of carbonyl (C=O) groups excluding carboxylic acids is 2. The molecule has 2 heterocycles. The second-order valence-corrected chi connectivity index (χ2v) is 8.84. The van der Waals surface area contributed by atoms with Crippen molar-refractivity contribution < 1.29 is 14.5 Å². The summed E-state index contributed by atoms with van der Waals surface area (Å²) in [5.41, 5.74) is 1.03. The predicted octanol–water partition coefficient (Wildman–Crippen LogP) is 0.104. The van der Waals surface area contributed by atoms with E-state index in [9.17, 15) is 14.4 Å². The van der Waals surface area contributed by atoms with Gasteiger partial charge in [-0.05, 0) is 13.0 Å². The molecule has 0 fully saturated rings. The first kappa shape index (κ1) is 22.6. The number of hydrogen-bond acceptors (Lipinski definition) is 5. The Morgan fingerprint density at radius 1 is 1.16 bits per heavy atom. The summed E-state index contributed by atoms with van der Waals surface area (Å²) < 4.78 is 1.26. The van der Waals surface area contributed by atoms with Crippen LogP contribution >= 0.6 is 11.3 Å². The highest BCUT2D eigenvalue weighted by molar-refractivity contribution is 7.18. The highest BCUT2D eigenvalue weighted by atomic mass is 32.1. The fourth-order valence-corrected chi connectivity index (χ4v) is 4.13. The molecule has 0 bridgehead atoms. The van der Waals surface area contributed by atoms with Crippen LogP contribution in [-0.4, -0.2) is 48.0 Å². The summed E-state index contributed by atoms with van der Waals surface area (Å²) in [6.07, 6.45) is 2.22. The van der Waals surface area contributed by atoms with Gasteiger partial charge in [-0.2, -0.15) is 0 Å². The van der Waals surface area contributed by atoms with Gasteiger partial charge in [-0.1, -0.05) is 30.3 Å². The number of hydrogen-bond donors (Lipinski definition) is 3. The maximum absolute atomic E-state index is 12.4. The van der Waals surface area contributed by atoms with E-state index in [-0.39, 0.29) is 24.6 Å². The summed E-state index contributed by atoms with van der Waals surface area (Å²) in [6.45, 7) is 4.05. The third-order valence-electron chi connectivity index (χ3n) is 4.85. The molecule has 1 aromatic carbocycles. The molecule has 2 amide bonds. The van der Waals surface area contributed by atoms with Crippen LogP contribution in [-0.2, 0) is 22.7 Å². The molecule has 0 aliphatic rings. The molecule has 2 aromatic heterocycles. The van der Waals surface area contributed by atoms with Crippen LogP contribution < -0.4 is 21.1 Å². The monoisotopic (exact) mass is 442 g/mol. The van der Waals surface area contributed by atoms with E-state index in [0.717, 1.165) is 24.4 Å². The molecule has 1 atom stereocenters. The van der Waals surface area contributed by atoms with Gasteiger partial charge in [0.05, 0.1) is 31.9 Å². The van der Waals surface area contributed by atoms with E-state index >= 15 is 0 Å². The Hall–Kier alpha value is -3.04. The van der Waals surface area contributed by atoms with E-state index in [1.54, 1.807) is 6.07 Å². The van der Waals surface area contributed by atoms with Crippen LogP contribution in [0.4, 0.5) is 0 Å². The molecule has 8 nitrogen and oxygen atoms in total. The number of aromatic nitrogens is 2. The van der Waals surface area contributed by atoms with Gasteiger partial charge in [0.25, 0.3) is 5.56 Å². The maximum atomic E-state index is 12.4. The van der Waals surface area contributed by atoms with Crippen LogP contribution in [0.1, 0.15) is 16.9 Å². The average Bonchev–Trinajstić information content (AvgIpc) is 3.14. The Labute approximate surface area is 184 Å². The molecule has 0 aliphatic heterocycles. The molecule has 164 valence electrons. The number of thiophene rings is 1. The molecule has 0 aliphatic carbocycles. The highest BCUT2D eigenvalue weighted by Gasteiger charge is 2.11. The van der Waals surface area contributed by atoms with Gasteiger partial charge in [-0.25, -0.2) is 4.98 Å². The minimum atomic E-state index is -0.405. The second-order valence-electron chi connectivity index (χ2n) is 7.60. The van der Waals surface area contributed by atoms with Gasteiger partial charge in [0, 0.05) is 23.4 Å². The van der Waals surface area contributed by atoms with Crippen molar-refractivity contribution in [3.63, 3.8) is 0 Å². The number of nitrogens with zero attached hydrogens (tertiary/aromatic N) is 2. The van der Waals surface area contributed by atoms with Crippen molar-refractivity contribution >= 4 is 33.4 Å². The van der Waals surface area contributed by atoms with E-state index in [0.29, 0.717) is 16.8 Å². The topological polar surface area (TPSA) is 97.5 Å². The standard InChI is InChI=1S/C22H27N5O3S/c1-16-11-18-21(31-16)25-15-27(22(18)30)14-20(29)24-12-19(28)23-9-6-10-26(2)13-17-7-4-3-5-8-17/h3-5,7-8,11,15H,6,9-10,12-14H2,1-2H3,(H,23,28)(H,24,29)/p+1. The third-order valence-corrected chi connectivity index (χ3v) is 5.81. The van der Waals surface area contributed by atoms with Crippen LogP contribution in [0.5, 0.6) is 0 Å². The predicted molar refractivity (Wildman–Crippen MR) is 121 cm³/mol. The highest BCUT2D eigenvalue weighted by Crippen LogP contribution is 2.19. The van der Waals surface area contributed by atoms with E-state index < -0.39 is 5.91 Å². The molecule has 0 spiro atoms. The van der Waals surface area contributed by atoms with Gasteiger partial charge < -0.3 is 15.5 Å². The van der Waals surface area contributed by atoms with Gasteiger partial charge in [-0.3, -0.25) is 19.0 Å². The Morgan fingerprint density at radius 3 is 2.71 bits per heavy atom. The van der Waals surface area contributed by atoms with Gasteiger partial charge in [0.15, 0.2) is 0 Å². The number of benzene rings is 1. The van der Waals surface area contributed by atoms with Gasteiger partial charge in [-0.15, -0.1) is 11.3 Å². The summed E-state index contributed by atoms with van der Waals surface area (Å²) in [6, 6.07) is 12.1. The summed E-state index contributed by atoms with van der Waals surface area (Å²) in [5, 5.41) is 5.87. The lowest BCUT2D eigenvalue weighted by atomic mass is 10.2. The fourth-order valence-electron chi connectivity index (χ4n) is 3.30. The summed E-state index contributed by atoms with van der Waals surface area (Å²) >= 11 is 1.44. The van der Waals surface area contributed by atoms with Gasteiger partial charge >= 0.3 is 0 Å².